The number of benzene rings is 2. The van der Waals surface area contributed by atoms with E-state index in [0.29, 0.717) is 5.13 Å². The Morgan fingerprint density at radius 3 is 2.39 bits per heavy atom. The summed E-state index contributed by atoms with van der Waals surface area (Å²) in [6.07, 6.45) is 0. The van der Waals surface area contributed by atoms with Gasteiger partial charge in [0.15, 0.2) is 5.13 Å². The zero-order chi connectivity index (χ0) is 20.3. The Labute approximate surface area is 167 Å². The Bertz CT molecular complexity index is 1040. The lowest BCUT2D eigenvalue weighted by Crippen LogP contribution is -2.17. The SMILES string of the molecule is COC(=O)c1ccccc1C(=O)Nc1nc(-c2ccc(OC)c(C)c2)c(C)s1. The molecule has 0 aliphatic heterocycles. The Kier molecular flexibility index (Phi) is 5.75. The van der Waals surface area contributed by atoms with Gasteiger partial charge in [-0.05, 0) is 49.7 Å². The van der Waals surface area contributed by atoms with E-state index < -0.39 is 11.9 Å². The van der Waals surface area contributed by atoms with E-state index in [1.807, 2.05) is 32.0 Å². The van der Waals surface area contributed by atoms with Crippen LogP contribution in [0.25, 0.3) is 11.3 Å². The van der Waals surface area contributed by atoms with Crippen LogP contribution in [0.1, 0.15) is 31.2 Å². The molecule has 0 atom stereocenters. The molecule has 0 radical (unpaired) electrons. The van der Waals surface area contributed by atoms with Gasteiger partial charge in [0.05, 0.1) is 31.0 Å². The molecular weight excluding hydrogens is 376 g/mol. The van der Waals surface area contributed by atoms with E-state index in [2.05, 4.69) is 10.3 Å². The molecule has 2 aromatic carbocycles. The van der Waals surface area contributed by atoms with Gasteiger partial charge in [-0.25, -0.2) is 9.78 Å². The number of rotatable bonds is 5. The molecule has 3 aromatic rings. The van der Waals surface area contributed by atoms with Crippen molar-refractivity contribution in [1.82, 2.24) is 4.98 Å². The molecule has 0 spiro atoms. The number of nitrogens with zero attached hydrogens (tertiary/aromatic N) is 1. The van der Waals surface area contributed by atoms with Crippen molar-refractivity contribution in [3.05, 3.63) is 64.0 Å². The van der Waals surface area contributed by atoms with Gasteiger partial charge in [-0.1, -0.05) is 12.1 Å². The summed E-state index contributed by atoms with van der Waals surface area (Å²) in [6.45, 7) is 3.92. The van der Waals surface area contributed by atoms with Crippen LogP contribution in [0.5, 0.6) is 5.75 Å². The number of aromatic nitrogens is 1. The number of aryl methyl sites for hydroxylation is 2. The maximum absolute atomic E-state index is 12.7. The van der Waals surface area contributed by atoms with Gasteiger partial charge in [0.1, 0.15) is 5.75 Å². The predicted molar refractivity (Wildman–Crippen MR) is 109 cm³/mol. The first kappa shape index (κ1) is 19.6. The van der Waals surface area contributed by atoms with Crippen LogP contribution in [0.15, 0.2) is 42.5 Å². The van der Waals surface area contributed by atoms with Crippen molar-refractivity contribution in [3.8, 4) is 17.0 Å². The summed E-state index contributed by atoms with van der Waals surface area (Å²) in [4.78, 5) is 30.1. The van der Waals surface area contributed by atoms with Gasteiger partial charge in [-0.2, -0.15) is 0 Å². The van der Waals surface area contributed by atoms with Crippen LogP contribution < -0.4 is 10.1 Å². The first-order valence-corrected chi connectivity index (χ1v) is 9.37. The van der Waals surface area contributed by atoms with Gasteiger partial charge in [0.2, 0.25) is 0 Å². The predicted octanol–water partition coefficient (Wildman–Crippen LogP) is 4.47. The molecule has 0 aliphatic carbocycles. The van der Waals surface area contributed by atoms with Crippen molar-refractivity contribution >= 4 is 28.3 Å². The minimum Gasteiger partial charge on any atom is -0.496 e. The minimum absolute atomic E-state index is 0.210. The van der Waals surface area contributed by atoms with Crippen LogP contribution in [0, 0.1) is 13.8 Å². The van der Waals surface area contributed by atoms with E-state index in [4.69, 9.17) is 9.47 Å². The number of ether oxygens (including phenoxy) is 2. The summed E-state index contributed by atoms with van der Waals surface area (Å²) < 4.78 is 10.0. The molecule has 144 valence electrons. The molecule has 1 amide bonds. The Balaban J connectivity index is 1.87. The second-order valence-electron chi connectivity index (χ2n) is 6.10. The Morgan fingerprint density at radius 2 is 1.75 bits per heavy atom. The fourth-order valence-electron chi connectivity index (χ4n) is 2.88. The third kappa shape index (κ3) is 3.89. The molecule has 1 aromatic heterocycles. The lowest BCUT2D eigenvalue weighted by Gasteiger charge is -2.07. The second-order valence-corrected chi connectivity index (χ2v) is 7.30. The van der Waals surface area contributed by atoms with E-state index in [1.54, 1.807) is 31.4 Å². The number of hydrogen-bond donors (Lipinski definition) is 1. The van der Waals surface area contributed by atoms with E-state index in [9.17, 15) is 9.59 Å². The topological polar surface area (TPSA) is 77.5 Å². The van der Waals surface area contributed by atoms with E-state index in [0.717, 1.165) is 27.4 Å². The molecule has 7 heteroatoms. The highest BCUT2D eigenvalue weighted by molar-refractivity contribution is 7.16. The number of carbonyl (C=O) groups excluding carboxylic acids is 2. The summed E-state index contributed by atoms with van der Waals surface area (Å²) in [7, 11) is 2.92. The van der Waals surface area contributed by atoms with Gasteiger partial charge in [-0.3, -0.25) is 10.1 Å². The quantitative estimate of drug-likeness (QED) is 0.644. The largest absolute Gasteiger partial charge is 0.496 e. The summed E-state index contributed by atoms with van der Waals surface area (Å²) in [5.74, 6) is -0.160. The first-order valence-electron chi connectivity index (χ1n) is 8.55. The monoisotopic (exact) mass is 396 g/mol. The number of carbonyl (C=O) groups is 2. The van der Waals surface area contributed by atoms with Crippen molar-refractivity contribution in [2.45, 2.75) is 13.8 Å². The average molecular weight is 396 g/mol. The van der Waals surface area contributed by atoms with Crippen LogP contribution >= 0.6 is 11.3 Å². The minimum atomic E-state index is -0.560. The molecule has 1 heterocycles. The Hall–Kier alpha value is -3.19. The number of nitrogens with one attached hydrogen (secondary N) is 1. The number of thiazole rings is 1. The molecule has 0 saturated carbocycles. The smallest absolute Gasteiger partial charge is 0.338 e. The number of methoxy groups -OCH3 is 2. The van der Waals surface area contributed by atoms with Crippen LogP contribution in [-0.4, -0.2) is 31.1 Å². The number of hydrogen-bond acceptors (Lipinski definition) is 6. The summed E-state index contributed by atoms with van der Waals surface area (Å²) >= 11 is 1.38. The highest BCUT2D eigenvalue weighted by atomic mass is 32.1. The van der Waals surface area contributed by atoms with Crippen molar-refractivity contribution in [1.29, 1.82) is 0 Å². The highest BCUT2D eigenvalue weighted by Crippen LogP contribution is 2.33. The number of amides is 1. The van der Waals surface area contributed by atoms with Crippen molar-refractivity contribution in [3.63, 3.8) is 0 Å². The lowest BCUT2D eigenvalue weighted by molar-refractivity contribution is 0.0597. The molecule has 0 fully saturated rings. The third-order valence-corrected chi connectivity index (χ3v) is 5.15. The maximum Gasteiger partial charge on any atom is 0.338 e. The summed E-state index contributed by atoms with van der Waals surface area (Å²) in [6, 6.07) is 12.3. The summed E-state index contributed by atoms with van der Waals surface area (Å²) in [5, 5.41) is 3.25. The van der Waals surface area contributed by atoms with Crippen LogP contribution in [-0.2, 0) is 4.74 Å². The van der Waals surface area contributed by atoms with Crippen molar-refractivity contribution in [2.24, 2.45) is 0 Å². The third-order valence-electron chi connectivity index (χ3n) is 4.26. The van der Waals surface area contributed by atoms with E-state index in [-0.39, 0.29) is 11.1 Å². The molecule has 3 rings (SSSR count). The normalized spacial score (nSPS) is 10.4. The number of esters is 1. The summed E-state index contributed by atoms with van der Waals surface area (Å²) in [5.41, 5.74) is 3.20. The molecule has 0 saturated heterocycles. The average Bonchev–Trinajstić information content (AvgIpc) is 3.07. The van der Waals surface area contributed by atoms with E-state index >= 15 is 0 Å². The Morgan fingerprint density at radius 1 is 1.04 bits per heavy atom. The molecule has 0 unspecified atom stereocenters. The molecule has 0 aliphatic rings. The highest BCUT2D eigenvalue weighted by Gasteiger charge is 2.19. The molecule has 28 heavy (non-hydrogen) atoms. The van der Waals surface area contributed by atoms with Gasteiger partial charge >= 0.3 is 5.97 Å². The zero-order valence-electron chi connectivity index (χ0n) is 16.0. The zero-order valence-corrected chi connectivity index (χ0v) is 16.8. The lowest BCUT2D eigenvalue weighted by atomic mass is 10.1. The molecule has 0 bridgehead atoms. The molecule has 6 nitrogen and oxygen atoms in total. The van der Waals surface area contributed by atoms with Gasteiger partial charge in [0, 0.05) is 10.4 Å². The van der Waals surface area contributed by atoms with Crippen molar-refractivity contribution < 1.29 is 19.1 Å². The maximum atomic E-state index is 12.7. The molecule has 1 N–H and O–H groups in total. The van der Waals surface area contributed by atoms with Gasteiger partial charge in [0.25, 0.3) is 5.91 Å². The second kappa shape index (κ2) is 8.22. The van der Waals surface area contributed by atoms with Crippen molar-refractivity contribution in [2.75, 3.05) is 19.5 Å². The van der Waals surface area contributed by atoms with Crippen LogP contribution in [0.2, 0.25) is 0 Å². The van der Waals surface area contributed by atoms with E-state index in [1.165, 1.54) is 18.4 Å². The van der Waals surface area contributed by atoms with Gasteiger partial charge in [-0.15, -0.1) is 11.3 Å². The van der Waals surface area contributed by atoms with Crippen LogP contribution in [0.3, 0.4) is 0 Å². The van der Waals surface area contributed by atoms with Crippen LogP contribution in [0.4, 0.5) is 5.13 Å². The van der Waals surface area contributed by atoms with Gasteiger partial charge < -0.3 is 9.47 Å². The first-order chi connectivity index (χ1) is 13.4. The number of anilines is 1. The standard InChI is InChI=1S/C21H20N2O4S/c1-12-11-14(9-10-17(12)26-3)18-13(2)28-21(22-18)23-19(24)15-7-5-6-8-16(15)20(25)27-4/h5-11H,1-4H3,(H,22,23,24). The fourth-order valence-corrected chi connectivity index (χ4v) is 3.71. The fraction of sp³-hybridized carbons (Fsp3) is 0.190. The molecular formula is C21H20N2O4S.